The topological polar surface area (TPSA) is 47.6 Å². The van der Waals surface area contributed by atoms with Gasteiger partial charge in [-0.1, -0.05) is 6.42 Å². The summed E-state index contributed by atoms with van der Waals surface area (Å²) >= 11 is 0. The second-order valence-corrected chi connectivity index (χ2v) is 4.09. The molecule has 0 saturated carbocycles. The first-order valence-electron chi connectivity index (χ1n) is 6.68. The Morgan fingerprint density at radius 3 is 2.59 bits per heavy atom. The van der Waals surface area contributed by atoms with Crippen LogP contribution in [-0.4, -0.2) is 38.4 Å². The molecule has 1 atom stereocenters. The van der Waals surface area contributed by atoms with Crippen LogP contribution in [-0.2, 0) is 14.3 Å². The Hall–Kier alpha value is -0.610. The number of ether oxygens (including phenoxy) is 2. The average Bonchev–Trinajstić information content (AvgIpc) is 2.28. The van der Waals surface area contributed by atoms with Gasteiger partial charge in [0.1, 0.15) is 0 Å². The van der Waals surface area contributed by atoms with Crippen molar-refractivity contribution in [3.63, 3.8) is 0 Å². The molecular formula is C13H27NO3. The van der Waals surface area contributed by atoms with Gasteiger partial charge in [0.25, 0.3) is 0 Å². The van der Waals surface area contributed by atoms with Gasteiger partial charge < -0.3 is 14.8 Å². The van der Waals surface area contributed by atoms with Crippen molar-refractivity contribution in [3.05, 3.63) is 0 Å². The number of unbranched alkanes of at least 4 members (excludes halogenated alkanes) is 2. The third-order valence-electron chi connectivity index (χ3n) is 2.42. The lowest BCUT2D eigenvalue weighted by molar-refractivity contribution is -0.143. The highest BCUT2D eigenvalue weighted by molar-refractivity contribution is 5.69. The van der Waals surface area contributed by atoms with Crippen molar-refractivity contribution in [3.8, 4) is 0 Å². The maximum atomic E-state index is 11.0. The predicted molar refractivity (Wildman–Crippen MR) is 69.1 cm³/mol. The largest absolute Gasteiger partial charge is 0.466 e. The van der Waals surface area contributed by atoms with Crippen molar-refractivity contribution in [1.29, 1.82) is 0 Å². The third-order valence-corrected chi connectivity index (χ3v) is 2.42. The minimum absolute atomic E-state index is 0.0783. The Labute approximate surface area is 105 Å². The van der Waals surface area contributed by atoms with Crippen LogP contribution in [0.2, 0.25) is 0 Å². The van der Waals surface area contributed by atoms with Gasteiger partial charge >= 0.3 is 5.97 Å². The molecule has 0 bridgehead atoms. The first-order chi connectivity index (χ1) is 8.20. The molecule has 0 aromatic carbocycles. The van der Waals surface area contributed by atoms with E-state index >= 15 is 0 Å². The fourth-order valence-electron chi connectivity index (χ4n) is 1.58. The standard InChI is InChI=1S/C13H27NO3/c1-4-16-12(3)11-14-10-8-6-7-9-13(15)17-5-2/h12,14H,4-11H2,1-3H3. The van der Waals surface area contributed by atoms with Gasteiger partial charge in [0.15, 0.2) is 0 Å². The van der Waals surface area contributed by atoms with Crippen molar-refractivity contribution in [2.75, 3.05) is 26.3 Å². The third kappa shape index (κ3) is 11.6. The molecule has 0 heterocycles. The van der Waals surface area contributed by atoms with Crippen LogP contribution < -0.4 is 5.32 Å². The lowest BCUT2D eigenvalue weighted by Crippen LogP contribution is -2.27. The molecular weight excluding hydrogens is 218 g/mol. The SMILES string of the molecule is CCOC(=O)CCCCCNCC(C)OCC. The Morgan fingerprint density at radius 1 is 1.18 bits per heavy atom. The summed E-state index contributed by atoms with van der Waals surface area (Å²) in [4.78, 5) is 11.0. The molecule has 0 aliphatic carbocycles. The summed E-state index contributed by atoms with van der Waals surface area (Å²) in [5.41, 5.74) is 0. The van der Waals surface area contributed by atoms with Crippen LogP contribution >= 0.6 is 0 Å². The molecule has 102 valence electrons. The van der Waals surface area contributed by atoms with Crippen molar-refractivity contribution < 1.29 is 14.3 Å². The van der Waals surface area contributed by atoms with Gasteiger partial charge in [-0.3, -0.25) is 4.79 Å². The molecule has 0 aliphatic rings. The number of hydrogen-bond donors (Lipinski definition) is 1. The number of hydrogen-bond acceptors (Lipinski definition) is 4. The lowest BCUT2D eigenvalue weighted by Gasteiger charge is -2.12. The van der Waals surface area contributed by atoms with Crippen LogP contribution in [0.25, 0.3) is 0 Å². The van der Waals surface area contributed by atoms with Crippen LogP contribution in [0.3, 0.4) is 0 Å². The number of esters is 1. The summed E-state index contributed by atoms with van der Waals surface area (Å²) in [7, 11) is 0. The Balaban J connectivity index is 3.16. The van der Waals surface area contributed by atoms with Gasteiger partial charge in [-0.15, -0.1) is 0 Å². The van der Waals surface area contributed by atoms with Gasteiger partial charge in [-0.25, -0.2) is 0 Å². The molecule has 0 radical (unpaired) electrons. The molecule has 4 heteroatoms. The highest BCUT2D eigenvalue weighted by atomic mass is 16.5. The zero-order valence-corrected chi connectivity index (χ0v) is 11.5. The van der Waals surface area contributed by atoms with Gasteiger partial charge in [0, 0.05) is 19.6 Å². The van der Waals surface area contributed by atoms with Gasteiger partial charge in [-0.2, -0.15) is 0 Å². The van der Waals surface area contributed by atoms with E-state index in [1.54, 1.807) is 0 Å². The second kappa shape index (κ2) is 11.9. The molecule has 0 saturated heterocycles. The van der Waals surface area contributed by atoms with E-state index < -0.39 is 0 Å². The zero-order chi connectivity index (χ0) is 12.9. The molecule has 0 aliphatic heterocycles. The van der Waals surface area contributed by atoms with Gasteiger partial charge in [0.2, 0.25) is 0 Å². The molecule has 0 aromatic rings. The van der Waals surface area contributed by atoms with Crippen LogP contribution in [0.5, 0.6) is 0 Å². The normalized spacial score (nSPS) is 12.4. The zero-order valence-electron chi connectivity index (χ0n) is 11.5. The van der Waals surface area contributed by atoms with Crippen LogP contribution in [0.4, 0.5) is 0 Å². The van der Waals surface area contributed by atoms with E-state index in [0.717, 1.165) is 39.0 Å². The van der Waals surface area contributed by atoms with E-state index in [1.807, 2.05) is 13.8 Å². The van der Waals surface area contributed by atoms with Gasteiger partial charge in [0.05, 0.1) is 12.7 Å². The molecule has 0 spiro atoms. The van der Waals surface area contributed by atoms with Crippen molar-refractivity contribution >= 4 is 5.97 Å². The smallest absolute Gasteiger partial charge is 0.305 e. The van der Waals surface area contributed by atoms with Gasteiger partial charge in [-0.05, 0) is 40.2 Å². The van der Waals surface area contributed by atoms with E-state index in [1.165, 1.54) is 0 Å². The molecule has 4 nitrogen and oxygen atoms in total. The van der Waals surface area contributed by atoms with Crippen LogP contribution in [0.15, 0.2) is 0 Å². The van der Waals surface area contributed by atoms with Crippen LogP contribution in [0.1, 0.15) is 46.5 Å². The second-order valence-electron chi connectivity index (χ2n) is 4.09. The maximum absolute atomic E-state index is 11.0. The average molecular weight is 245 g/mol. The summed E-state index contributed by atoms with van der Waals surface area (Å²) in [6, 6.07) is 0. The molecule has 0 rings (SSSR count). The minimum atomic E-state index is -0.0783. The Kier molecular flexibility index (Phi) is 11.4. The molecule has 0 amide bonds. The molecule has 17 heavy (non-hydrogen) atoms. The number of nitrogens with one attached hydrogen (secondary N) is 1. The monoisotopic (exact) mass is 245 g/mol. The number of carbonyl (C=O) groups is 1. The first-order valence-corrected chi connectivity index (χ1v) is 6.68. The van der Waals surface area contributed by atoms with E-state index in [4.69, 9.17) is 9.47 Å². The Bertz CT molecular complexity index is 186. The summed E-state index contributed by atoms with van der Waals surface area (Å²) in [6.45, 7) is 9.04. The fraction of sp³-hybridized carbons (Fsp3) is 0.923. The van der Waals surface area contributed by atoms with E-state index in [-0.39, 0.29) is 12.1 Å². The highest BCUT2D eigenvalue weighted by Crippen LogP contribution is 2.00. The first kappa shape index (κ1) is 16.4. The highest BCUT2D eigenvalue weighted by Gasteiger charge is 2.01. The molecule has 1 N–H and O–H groups in total. The lowest BCUT2D eigenvalue weighted by atomic mass is 10.2. The number of rotatable bonds is 11. The summed E-state index contributed by atoms with van der Waals surface area (Å²) in [5, 5.41) is 3.34. The number of carbonyl (C=O) groups excluding carboxylic acids is 1. The fourth-order valence-corrected chi connectivity index (χ4v) is 1.58. The predicted octanol–water partition coefficient (Wildman–Crippen LogP) is 2.12. The minimum Gasteiger partial charge on any atom is -0.466 e. The van der Waals surface area contributed by atoms with Crippen molar-refractivity contribution in [2.45, 2.75) is 52.6 Å². The molecule has 0 aromatic heterocycles. The molecule has 0 fully saturated rings. The Morgan fingerprint density at radius 2 is 1.94 bits per heavy atom. The van der Waals surface area contributed by atoms with E-state index in [9.17, 15) is 4.79 Å². The van der Waals surface area contributed by atoms with E-state index in [0.29, 0.717) is 13.0 Å². The van der Waals surface area contributed by atoms with E-state index in [2.05, 4.69) is 12.2 Å². The van der Waals surface area contributed by atoms with Crippen LogP contribution in [0, 0.1) is 0 Å². The van der Waals surface area contributed by atoms with Crippen molar-refractivity contribution in [2.24, 2.45) is 0 Å². The molecule has 1 unspecified atom stereocenters. The van der Waals surface area contributed by atoms with Crippen molar-refractivity contribution in [1.82, 2.24) is 5.32 Å². The maximum Gasteiger partial charge on any atom is 0.305 e. The summed E-state index contributed by atoms with van der Waals surface area (Å²) in [5.74, 6) is -0.0783. The summed E-state index contributed by atoms with van der Waals surface area (Å²) in [6.07, 6.45) is 3.90. The quantitative estimate of drug-likeness (QED) is 0.447. The summed E-state index contributed by atoms with van der Waals surface area (Å²) < 4.78 is 10.3.